The predicted octanol–water partition coefficient (Wildman–Crippen LogP) is 4.25. The Balaban J connectivity index is 1.79. The van der Waals surface area contributed by atoms with Crippen LogP contribution in [0.15, 0.2) is 54.6 Å². The van der Waals surface area contributed by atoms with Gasteiger partial charge < -0.3 is 4.90 Å². The van der Waals surface area contributed by atoms with E-state index in [1.54, 1.807) is 12.1 Å². The molecule has 3 nitrogen and oxygen atoms in total. The zero-order chi connectivity index (χ0) is 18.4. The van der Waals surface area contributed by atoms with Crippen LogP contribution in [-0.4, -0.2) is 42.4 Å². The normalized spacial score (nSPS) is 16.3. The van der Waals surface area contributed by atoms with E-state index in [2.05, 4.69) is 17.0 Å². The lowest BCUT2D eigenvalue weighted by atomic mass is 9.97. The molecule has 1 unspecified atom stereocenters. The molecular weight excluding hydrogens is 327 g/mol. The number of likely N-dealkylation sites (N-methyl/N-ethyl adjacent to an activating group) is 1. The smallest absolute Gasteiger partial charge is 0.236 e. The van der Waals surface area contributed by atoms with Gasteiger partial charge in [-0.25, -0.2) is 4.39 Å². The number of carbonyl (C=O) groups is 1. The Labute approximate surface area is 155 Å². The van der Waals surface area contributed by atoms with E-state index in [9.17, 15) is 9.18 Å². The molecule has 3 rings (SSSR count). The maximum absolute atomic E-state index is 13.4. The molecule has 0 saturated carbocycles. The van der Waals surface area contributed by atoms with Crippen LogP contribution in [0.5, 0.6) is 0 Å². The highest BCUT2D eigenvalue weighted by atomic mass is 19.1. The van der Waals surface area contributed by atoms with Crippen LogP contribution >= 0.6 is 0 Å². The fourth-order valence-corrected chi connectivity index (χ4v) is 3.71. The first-order chi connectivity index (χ1) is 12.6. The number of halogens is 1. The molecular formula is C22H27FN2O. The van der Waals surface area contributed by atoms with E-state index in [1.165, 1.54) is 25.0 Å². The van der Waals surface area contributed by atoms with E-state index in [-0.39, 0.29) is 17.8 Å². The number of hydrogen-bond acceptors (Lipinski definition) is 2. The third kappa shape index (κ3) is 4.70. The van der Waals surface area contributed by atoms with Gasteiger partial charge >= 0.3 is 0 Å². The minimum absolute atomic E-state index is 0.0762. The third-order valence-electron chi connectivity index (χ3n) is 5.09. The quantitative estimate of drug-likeness (QED) is 0.801. The minimum Gasteiger partial charge on any atom is -0.342 e. The number of amides is 1. The number of likely N-dealkylation sites (tertiary alicyclic amines) is 1. The fourth-order valence-electron chi connectivity index (χ4n) is 3.71. The molecule has 1 fully saturated rings. The molecule has 1 atom stereocenters. The van der Waals surface area contributed by atoms with Crippen molar-refractivity contribution in [3.63, 3.8) is 0 Å². The molecule has 2 aromatic carbocycles. The third-order valence-corrected chi connectivity index (χ3v) is 5.09. The van der Waals surface area contributed by atoms with Crippen molar-refractivity contribution in [2.75, 3.05) is 26.7 Å². The standard InChI is InChI=1S/C22H27FN2O/c1-24(17-21(26)25-15-7-2-3-8-16-25)22(18-9-5-4-6-10-18)19-11-13-20(23)14-12-19/h4-6,9-14,22H,2-3,7-8,15-17H2,1H3. The van der Waals surface area contributed by atoms with Gasteiger partial charge in [-0.15, -0.1) is 0 Å². The lowest BCUT2D eigenvalue weighted by Gasteiger charge is -2.31. The van der Waals surface area contributed by atoms with Crippen LogP contribution < -0.4 is 0 Å². The van der Waals surface area contributed by atoms with E-state index in [0.717, 1.165) is 37.1 Å². The Bertz CT molecular complexity index is 694. The van der Waals surface area contributed by atoms with Crippen molar-refractivity contribution in [2.45, 2.75) is 31.7 Å². The van der Waals surface area contributed by atoms with E-state index < -0.39 is 0 Å². The van der Waals surface area contributed by atoms with Crippen LogP contribution in [0.4, 0.5) is 4.39 Å². The summed E-state index contributed by atoms with van der Waals surface area (Å²) < 4.78 is 13.4. The fraction of sp³-hybridized carbons (Fsp3) is 0.409. The second kappa shape index (κ2) is 8.95. The number of benzene rings is 2. The van der Waals surface area contributed by atoms with Crippen LogP contribution in [0.25, 0.3) is 0 Å². The number of carbonyl (C=O) groups excluding carboxylic acids is 1. The van der Waals surface area contributed by atoms with Gasteiger partial charge in [0.1, 0.15) is 5.82 Å². The van der Waals surface area contributed by atoms with E-state index in [1.807, 2.05) is 30.1 Å². The molecule has 1 amide bonds. The van der Waals surface area contributed by atoms with E-state index >= 15 is 0 Å². The highest BCUT2D eigenvalue weighted by Gasteiger charge is 2.24. The molecule has 0 N–H and O–H groups in total. The predicted molar refractivity (Wildman–Crippen MR) is 102 cm³/mol. The van der Waals surface area contributed by atoms with Gasteiger partial charge in [0.05, 0.1) is 12.6 Å². The van der Waals surface area contributed by atoms with Crippen LogP contribution in [-0.2, 0) is 4.79 Å². The summed E-state index contributed by atoms with van der Waals surface area (Å²) in [5.41, 5.74) is 2.09. The molecule has 1 saturated heterocycles. The molecule has 1 aliphatic heterocycles. The van der Waals surface area contributed by atoms with Gasteiger partial charge in [0, 0.05) is 13.1 Å². The van der Waals surface area contributed by atoms with Crippen LogP contribution in [0.3, 0.4) is 0 Å². The first-order valence-electron chi connectivity index (χ1n) is 9.43. The summed E-state index contributed by atoms with van der Waals surface area (Å²) in [6.45, 7) is 2.08. The van der Waals surface area contributed by atoms with Gasteiger partial charge in [-0.3, -0.25) is 9.69 Å². The van der Waals surface area contributed by atoms with Gasteiger partial charge in [0.15, 0.2) is 0 Å². The number of nitrogens with zero attached hydrogens (tertiary/aromatic N) is 2. The van der Waals surface area contributed by atoms with E-state index in [4.69, 9.17) is 0 Å². The molecule has 0 aromatic heterocycles. The van der Waals surface area contributed by atoms with Crippen LogP contribution in [0.2, 0.25) is 0 Å². The minimum atomic E-state index is -0.246. The van der Waals surface area contributed by atoms with Crippen molar-refractivity contribution in [1.29, 1.82) is 0 Å². The summed E-state index contributed by atoms with van der Waals surface area (Å²) >= 11 is 0. The van der Waals surface area contributed by atoms with Gasteiger partial charge in [-0.2, -0.15) is 0 Å². The molecule has 0 aliphatic carbocycles. The summed E-state index contributed by atoms with van der Waals surface area (Å²) in [4.78, 5) is 16.9. The largest absolute Gasteiger partial charge is 0.342 e. The Morgan fingerprint density at radius 1 is 0.962 bits per heavy atom. The van der Waals surface area contributed by atoms with Crippen molar-refractivity contribution >= 4 is 5.91 Å². The van der Waals surface area contributed by atoms with Gasteiger partial charge in [-0.1, -0.05) is 55.3 Å². The zero-order valence-electron chi connectivity index (χ0n) is 15.4. The molecule has 0 radical (unpaired) electrons. The Morgan fingerprint density at radius 2 is 1.54 bits per heavy atom. The molecule has 2 aromatic rings. The molecule has 4 heteroatoms. The van der Waals surface area contributed by atoms with Gasteiger partial charge in [0.2, 0.25) is 5.91 Å². The highest BCUT2D eigenvalue weighted by Crippen LogP contribution is 2.27. The summed E-state index contributed by atoms with van der Waals surface area (Å²) in [5, 5.41) is 0. The second-order valence-corrected chi connectivity index (χ2v) is 7.07. The average Bonchev–Trinajstić information content (AvgIpc) is 2.94. The molecule has 138 valence electrons. The maximum Gasteiger partial charge on any atom is 0.236 e. The maximum atomic E-state index is 13.4. The zero-order valence-corrected chi connectivity index (χ0v) is 15.4. The van der Waals surface area contributed by atoms with Crippen molar-refractivity contribution in [2.24, 2.45) is 0 Å². The molecule has 1 aliphatic rings. The van der Waals surface area contributed by atoms with Crippen molar-refractivity contribution in [3.8, 4) is 0 Å². The summed E-state index contributed by atoms with van der Waals surface area (Å²) in [5.74, 6) is -0.0682. The Kier molecular flexibility index (Phi) is 6.40. The SMILES string of the molecule is CN(CC(=O)N1CCCCCC1)C(c1ccccc1)c1ccc(F)cc1. The monoisotopic (exact) mass is 354 g/mol. The average molecular weight is 354 g/mol. The van der Waals surface area contributed by atoms with E-state index in [0.29, 0.717) is 6.54 Å². The highest BCUT2D eigenvalue weighted by molar-refractivity contribution is 5.78. The van der Waals surface area contributed by atoms with Crippen LogP contribution in [0, 0.1) is 5.82 Å². The van der Waals surface area contributed by atoms with Crippen LogP contribution in [0.1, 0.15) is 42.9 Å². The first-order valence-corrected chi connectivity index (χ1v) is 9.43. The van der Waals surface area contributed by atoms with Crippen molar-refractivity contribution in [1.82, 2.24) is 9.80 Å². The summed E-state index contributed by atoms with van der Waals surface area (Å²) in [6, 6.07) is 16.6. The summed E-state index contributed by atoms with van der Waals surface area (Å²) in [6.07, 6.45) is 4.61. The Morgan fingerprint density at radius 3 is 2.15 bits per heavy atom. The lowest BCUT2D eigenvalue weighted by Crippen LogP contribution is -2.41. The topological polar surface area (TPSA) is 23.6 Å². The van der Waals surface area contributed by atoms with Crippen molar-refractivity contribution in [3.05, 3.63) is 71.5 Å². The van der Waals surface area contributed by atoms with Gasteiger partial charge in [0.25, 0.3) is 0 Å². The second-order valence-electron chi connectivity index (χ2n) is 7.07. The van der Waals surface area contributed by atoms with Crippen molar-refractivity contribution < 1.29 is 9.18 Å². The molecule has 1 heterocycles. The number of hydrogen-bond donors (Lipinski definition) is 0. The first kappa shape index (κ1) is 18.6. The number of rotatable bonds is 5. The Hall–Kier alpha value is -2.20. The van der Waals surface area contributed by atoms with Gasteiger partial charge in [-0.05, 0) is 43.1 Å². The molecule has 26 heavy (non-hydrogen) atoms. The summed E-state index contributed by atoms with van der Waals surface area (Å²) in [7, 11) is 1.97. The molecule has 0 bridgehead atoms. The lowest BCUT2D eigenvalue weighted by molar-refractivity contribution is -0.132. The molecule has 0 spiro atoms.